The van der Waals surface area contributed by atoms with Crippen molar-refractivity contribution in [2.45, 2.75) is 40.3 Å². The molecule has 0 unspecified atom stereocenters. The van der Waals surface area contributed by atoms with Crippen molar-refractivity contribution in [2.75, 3.05) is 10.6 Å². The molecule has 0 radical (unpaired) electrons. The molecule has 10 nitrogen and oxygen atoms in total. The molecule has 31 heavy (non-hydrogen) atoms. The highest BCUT2D eigenvalue weighted by Gasteiger charge is 2.24. The van der Waals surface area contributed by atoms with E-state index >= 15 is 0 Å². The molecule has 0 aliphatic rings. The molecule has 2 amide bonds. The fourth-order valence-corrected chi connectivity index (χ4v) is 3.14. The summed E-state index contributed by atoms with van der Waals surface area (Å²) in [4.78, 5) is 25.4. The van der Waals surface area contributed by atoms with Crippen LogP contribution < -0.4 is 10.6 Å². The van der Waals surface area contributed by atoms with Crippen molar-refractivity contribution < 1.29 is 18.4 Å². The van der Waals surface area contributed by atoms with E-state index in [2.05, 4.69) is 25.9 Å². The van der Waals surface area contributed by atoms with Gasteiger partial charge in [-0.05, 0) is 20.8 Å². The predicted octanol–water partition coefficient (Wildman–Crippen LogP) is 2.93. The first-order valence-corrected chi connectivity index (χ1v) is 9.68. The number of carbonyl (C=O) groups is 2. The molecule has 0 aliphatic heterocycles. The van der Waals surface area contributed by atoms with Gasteiger partial charge in [-0.2, -0.15) is 15.3 Å². The van der Waals surface area contributed by atoms with Gasteiger partial charge in [-0.25, -0.2) is 8.78 Å². The number of carbonyl (C=O) groups excluding carboxylic acids is 2. The fraction of sp³-hybridized carbons (Fsp3) is 0.389. The zero-order valence-electron chi connectivity index (χ0n) is 17.3. The Balaban J connectivity index is 1.80. The van der Waals surface area contributed by atoms with Gasteiger partial charge in [0.1, 0.15) is 17.9 Å². The maximum absolute atomic E-state index is 13.0. The van der Waals surface area contributed by atoms with Crippen molar-refractivity contribution in [3.63, 3.8) is 0 Å². The summed E-state index contributed by atoms with van der Waals surface area (Å²) in [6, 6.07) is 0. The molecular formula is C18H21ClF2N8O2. The first kappa shape index (κ1) is 22.4. The van der Waals surface area contributed by atoms with Gasteiger partial charge in [0, 0.05) is 13.6 Å². The number of nitrogens with zero attached hydrogens (tertiary/aromatic N) is 6. The van der Waals surface area contributed by atoms with Crippen LogP contribution in [0, 0.1) is 13.8 Å². The maximum Gasteiger partial charge on any atom is 0.283 e. The molecule has 0 saturated carbocycles. The van der Waals surface area contributed by atoms with Gasteiger partial charge in [-0.1, -0.05) is 11.6 Å². The third-order valence-corrected chi connectivity index (χ3v) is 5.24. The van der Waals surface area contributed by atoms with Crippen LogP contribution in [0.1, 0.15) is 40.9 Å². The van der Waals surface area contributed by atoms with Crippen molar-refractivity contribution >= 4 is 34.8 Å². The molecule has 13 heteroatoms. The van der Waals surface area contributed by atoms with Crippen LogP contribution >= 0.6 is 11.6 Å². The molecule has 0 atom stereocenters. The first-order valence-electron chi connectivity index (χ1n) is 9.30. The van der Waals surface area contributed by atoms with Crippen molar-refractivity contribution in [3.05, 3.63) is 40.2 Å². The molecule has 0 aromatic carbocycles. The van der Waals surface area contributed by atoms with Crippen molar-refractivity contribution in [3.8, 4) is 0 Å². The first-order chi connectivity index (χ1) is 14.6. The lowest BCUT2D eigenvalue weighted by Gasteiger charge is -2.10. The van der Waals surface area contributed by atoms with E-state index < -0.39 is 23.9 Å². The number of rotatable bonds is 7. The third kappa shape index (κ3) is 4.43. The molecule has 166 valence electrons. The van der Waals surface area contributed by atoms with Crippen LogP contribution in [0.25, 0.3) is 0 Å². The molecule has 0 fully saturated rings. The molecule has 0 spiro atoms. The van der Waals surface area contributed by atoms with Crippen LogP contribution in [0.5, 0.6) is 0 Å². The lowest BCUT2D eigenvalue weighted by atomic mass is 10.3. The third-order valence-electron chi connectivity index (χ3n) is 4.77. The topological polar surface area (TPSA) is 112 Å². The van der Waals surface area contributed by atoms with E-state index in [1.807, 2.05) is 0 Å². The van der Waals surface area contributed by atoms with E-state index in [-0.39, 0.29) is 28.6 Å². The normalized spacial score (nSPS) is 11.2. The molecule has 0 bridgehead atoms. The van der Waals surface area contributed by atoms with Gasteiger partial charge in [0.15, 0.2) is 0 Å². The van der Waals surface area contributed by atoms with Gasteiger partial charge < -0.3 is 10.6 Å². The van der Waals surface area contributed by atoms with Gasteiger partial charge >= 0.3 is 0 Å². The largest absolute Gasteiger partial charge is 0.321 e. The second-order valence-electron chi connectivity index (χ2n) is 6.74. The zero-order valence-corrected chi connectivity index (χ0v) is 18.0. The summed E-state index contributed by atoms with van der Waals surface area (Å²) < 4.78 is 30.1. The summed E-state index contributed by atoms with van der Waals surface area (Å²) in [6.45, 7) is 5.10. The fourth-order valence-electron chi connectivity index (χ4n) is 2.93. The van der Waals surface area contributed by atoms with Gasteiger partial charge in [-0.3, -0.25) is 23.6 Å². The minimum atomic E-state index is -2.86. The average molecular weight is 455 g/mol. The Hall–Kier alpha value is -3.28. The second kappa shape index (κ2) is 8.84. The standard InChI is InChI=1S/C18H21ClF2N8O2/c1-5-28-16(18(31)25-11-6-22-27(4)9(11)2)12(7-23-28)24-13(30)8-29-10(3)14(19)15(26-29)17(20)21/h6-7,17H,5,8H2,1-4H3,(H,24,30)(H,25,31). The summed E-state index contributed by atoms with van der Waals surface area (Å²) in [5, 5.41) is 17.1. The van der Waals surface area contributed by atoms with Crippen LogP contribution in [0.15, 0.2) is 12.4 Å². The minimum absolute atomic E-state index is 0.141. The summed E-state index contributed by atoms with van der Waals surface area (Å²) in [5.41, 5.74) is 1.25. The van der Waals surface area contributed by atoms with Crippen LogP contribution in [-0.2, 0) is 24.9 Å². The highest BCUT2D eigenvalue weighted by molar-refractivity contribution is 6.31. The number of aryl methyl sites for hydroxylation is 2. The Morgan fingerprint density at radius 3 is 2.32 bits per heavy atom. The molecule has 0 saturated heterocycles. The quantitative estimate of drug-likeness (QED) is 0.570. The number of hydrogen-bond donors (Lipinski definition) is 2. The minimum Gasteiger partial charge on any atom is -0.321 e. The van der Waals surface area contributed by atoms with Crippen LogP contribution in [0.4, 0.5) is 20.2 Å². The predicted molar refractivity (Wildman–Crippen MR) is 109 cm³/mol. The Morgan fingerprint density at radius 1 is 1.10 bits per heavy atom. The number of aromatic nitrogens is 6. The highest BCUT2D eigenvalue weighted by atomic mass is 35.5. The molecule has 3 heterocycles. The molecule has 0 aliphatic carbocycles. The summed E-state index contributed by atoms with van der Waals surface area (Å²) in [6.07, 6.45) is 0.00706. The van der Waals surface area contributed by atoms with Crippen LogP contribution in [0.3, 0.4) is 0 Å². The van der Waals surface area contributed by atoms with E-state index in [0.29, 0.717) is 12.2 Å². The molecular weight excluding hydrogens is 434 g/mol. The second-order valence-corrected chi connectivity index (χ2v) is 7.11. The van der Waals surface area contributed by atoms with Gasteiger partial charge in [-0.15, -0.1) is 0 Å². The zero-order chi connectivity index (χ0) is 22.9. The summed E-state index contributed by atoms with van der Waals surface area (Å²) >= 11 is 5.86. The van der Waals surface area contributed by atoms with Gasteiger partial charge in [0.25, 0.3) is 12.3 Å². The number of hydrogen-bond acceptors (Lipinski definition) is 5. The molecule has 3 aromatic rings. The lowest BCUT2D eigenvalue weighted by molar-refractivity contribution is -0.117. The Labute approximate surface area is 181 Å². The average Bonchev–Trinajstić information content (AvgIpc) is 3.35. The number of anilines is 2. The van der Waals surface area contributed by atoms with E-state index in [1.54, 1.807) is 25.6 Å². The number of nitrogens with one attached hydrogen (secondary N) is 2. The smallest absolute Gasteiger partial charge is 0.283 e. The van der Waals surface area contributed by atoms with Crippen LogP contribution in [0.2, 0.25) is 5.02 Å². The van der Waals surface area contributed by atoms with Crippen LogP contribution in [-0.4, -0.2) is 41.2 Å². The molecule has 2 N–H and O–H groups in total. The van der Waals surface area contributed by atoms with Crippen molar-refractivity contribution in [2.24, 2.45) is 7.05 Å². The number of amides is 2. The van der Waals surface area contributed by atoms with E-state index in [0.717, 1.165) is 10.4 Å². The molecule has 3 rings (SSSR count). The van der Waals surface area contributed by atoms with Crippen molar-refractivity contribution in [1.82, 2.24) is 29.3 Å². The lowest BCUT2D eigenvalue weighted by Crippen LogP contribution is -2.24. The number of halogens is 3. The Kier molecular flexibility index (Phi) is 6.39. The highest BCUT2D eigenvalue weighted by Crippen LogP contribution is 2.28. The van der Waals surface area contributed by atoms with E-state index in [4.69, 9.17) is 11.6 Å². The monoisotopic (exact) mass is 454 g/mol. The molecule has 3 aromatic heterocycles. The van der Waals surface area contributed by atoms with Gasteiger partial charge in [0.05, 0.1) is 40.2 Å². The van der Waals surface area contributed by atoms with Crippen molar-refractivity contribution in [1.29, 1.82) is 0 Å². The summed E-state index contributed by atoms with van der Waals surface area (Å²) in [7, 11) is 1.75. The number of alkyl halides is 2. The van der Waals surface area contributed by atoms with E-state index in [9.17, 15) is 18.4 Å². The summed E-state index contributed by atoms with van der Waals surface area (Å²) in [5.74, 6) is -1.06. The van der Waals surface area contributed by atoms with Gasteiger partial charge in [0.2, 0.25) is 5.91 Å². The Morgan fingerprint density at radius 2 is 1.77 bits per heavy atom. The van der Waals surface area contributed by atoms with E-state index in [1.165, 1.54) is 24.0 Å². The Bertz CT molecular complexity index is 1130. The maximum atomic E-state index is 13.0. The SMILES string of the molecule is CCn1ncc(NC(=O)Cn2nc(C(F)F)c(Cl)c2C)c1C(=O)Nc1cnn(C)c1C.